The predicted molar refractivity (Wildman–Crippen MR) is 95.1 cm³/mol. The standard InChI is InChI=1S/C18H26N4O3/c1-8-20(18(5,6)7)17(24)25-22-15(14(4)23)11-16(19-22)21-12(2)9-10-13(21)3/h9-11H,8H2,1-7H3. The molecule has 1 amide bonds. The fourth-order valence-electron chi connectivity index (χ4n) is 2.80. The Kier molecular flexibility index (Phi) is 5.06. The van der Waals surface area contributed by atoms with E-state index >= 15 is 0 Å². The zero-order chi connectivity index (χ0) is 18.9. The summed E-state index contributed by atoms with van der Waals surface area (Å²) in [5, 5.41) is 4.32. The minimum Gasteiger partial charge on any atom is -0.302 e. The fraction of sp³-hybridized carbons (Fsp3) is 0.500. The highest BCUT2D eigenvalue weighted by atomic mass is 16.7. The molecule has 2 aromatic heterocycles. The summed E-state index contributed by atoms with van der Waals surface area (Å²) in [6.07, 6.45) is -0.548. The van der Waals surface area contributed by atoms with E-state index in [2.05, 4.69) is 5.10 Å². The minimum absolute atomic E-state index is 0.223. The molecule has 0 aromatic carbocycles. The van der Waals surface area contributed by atoms with E-state index in [1.54, 1.807) is 11.0 Å². The van der Waals surface area contributed by atoms with E-state index in [1.807, 2.05) is 58.2 Å². The minimum atomic E-state index is -0.548. The van der Waals surface area contributed by atoms with Crippen LogP contribution in [0.1, 0.15) is 56.5 Å². The zero-order valence-electron chi connectivity index (χ0n) is 16.0. The molecule has 0 fully saturated rings. The Morgan fingerprint density at radius 2 is 1.76 bits per heavy atom. The summed E-state index contributed by atoms with van der Waals surface area (Å²) in [5.74, 6) is 0.310. The third-order valence-corrected chi connectivity index (χ3v) is 4.04. The molecule has 136 valence electrons. The van der Waals surface area contributed by atoms with Gasteiger partial charge in [0.05, 0.1) is 0 Å². The highest BCUT2D eigenvalue weighted by molar-refractivity contribution is 5.93. The molecule has 0 N–H and O–H groups in total. The number of hydrogen-bond donors (Lipinski definition) is 0. The van der Waals surface area contributed by atoms with Gasteiger partial charge in [-0.3, -0.25) is 9.63 Å². The summed E-state index contributed by atoms with van der Waals surface area (Å²) < 4.78 is 1.90. The first-order valence-corrected chi connectivity index (χ1v) is 8.32. The van der Waals surface area contributed by atoms with Crippen LogP contribution in [0.4, 0.5) is 4.79 Å². The van der Waals surface area contributed by atoms with Crippen LogP contribution < -0.4 is 4.84 Å². The Labute approximate surface area is 148 Å². The second-order valence-electron chi connectivity index (χ2n) is 7.04. The number of ketones is 1. The monoisotopic (exact) mass is 346 g/mol. The summed E-state index contributed by atoms with van der Waals surface area (Å²) >= 11 is 0. The van der Waals surface area contributed by atoms with Crippen LogP contribution in [0.3, 0.4) is 0 Å². The molecule has 0 aliphatic carbocycles. The van der Waals surface area contributed by atoms with Crippen molar-refractivity contribution in [3.63, 3.8) is 0 Å². The number of Topliss-reactive ketones (excluding diaryl/α,β-unsaturated/α-hetero) is 1. The third kappa shape index (κ3) is 3.75. The smallest absolute Gasteiger partial charge is 0.302 e. The van der Waals surface area contributed by atoms with Crippen LogP contribution >= 0.6 is 0 Å². The SMILES string of the molecule is CCN(C(=O)On1nc(-n2c(C)ccc2C)cc1C(C)=O)C(C)(C)C. The Balaban J connectivity index is 2.41. The van der Waals surface area contributed by atoms with Crippen LogP contribution in [-0.4, -0.2) is 43.4 Å². The quantitative estimate of drug-likeness (QED) is 0.798. The van der Waals surface area contributed by atoms with Crippen LogP contribution in [0.2, 0.25) is 0 Å². The van der Waals surface area contributed by atoms with E-state index in [4.69, 9.17) is 4.84 Å². The van der Waals surface area contributed by atoms with Crippen LogP contribution in [0, 0.1) is 13.8 Å². The maximum atomic E-state index is 12.5. The molecular weight excluding hydrogens is 320 g/mol. The van der Waals surface area contributed by atoms with Crippen molar-refractivity contribution in [2.24, 2.45) is 0 Å². The molecule has 7 nitrogen and oxygen atoms in total. The van der Waals surface area contributed by atoms with Gasteiger partial charge in [-0.2, -0.15) is 0 Å². The molecule has 0 atom stereocenters. The van der Waals surface area contributed by atoms with E-state index in [0.29, 0.717) is 12.4 Å². The van der Waals surface area contributed by atoms with Crippen molar-refractivity contribution in [2.45, 2.75) is 54.0 Å². The van der Waals surface area contributed by atoms with Crippen molar-refractivity contribution in [2.75, 3.05) is 6.54 Å². The fourth-order valence-corrected chi connectivity index (χ4v) is 2.80. The van der Waals surface area contributed by atoms with Gasteiger partial charge in [-0.25, -0.2) is 4.79 Å². The van der Waals surface area contributed by atoms with Gasteiger partial charge in [0, 0.05) is 36.5 Å². The molecule has 0 saturated carbocycles. The Morgan fingerprint density at radius 1 is 1.20 bits per heavy atom. The van der Waals surface area contributed by atoms with Crippen LogP contribution in [-0.2, 0) is 0 Å². The lowest BCUT2D eigenvalue weighted by Crippen LogP contribution is -2.48. The first-order chi connectivity index (χ1) is 11.6. The van der Waals surface area contributed by atoms with Gasteiger partial charge in [-0.15, -0.1) is 5.10 Å². The number of amides is 1. The maximum Gasteiger partial charge on any atom is 0.436 e. The summed E-state index contributed by atoms with van der Waals surface area (Å²) in [6, 6.07) is 5.56. The molecule has 0 spiro atoms. The highest BCUT2D eigenvalue weighted by Gasteiger charge is 2.28. The Hall–Kier alpha value is -2.57. The van der Waals surface area contributed by atoms with Gasteiger partial charge >= 0.3 is 6.09 Å². The zero-order valence-corrected chi connectivity index (χ0v) is 16.0. The van der Waals surface area contributed by atoms with Gasteiger partial charge in [0.2, 0.25) is 0 Å². The van der Waals surface area contributed by atoms with E-state index < -0.39 is 11.6 Å². The van der Waals surface area contributed by atoms with Gasteiger partial charge in [0.1, 0.15) is 5.69 Å². The van der Waals surface area contributed by atoms with Gasteiger partial charge in [0.25, 0.3) is 0 Å². The number of hydrogen-bond acceptors (Lipinski definition) is 4. The Bertz CT molecular complexity index is 776. The van der Waals surface area contributed by atoms with Gasteiger partial charge < -0.3 is 9.47 Å². The number of aromatic nitrogens is 3. The molecule has 0 unspecified atom stereocenters. The number of aryl methyl sites for hydroxylation is 2. The molecule has 0 radical (unpaired) electrons. The average molecular weight is 346 g/mol. The van der Waals surface area contributed by atoms with Gasteiger partial charge in [0.15, 0.2) is 11.6 Å². The normalized spacial score (nSPS) is 11.5. The first-order valence-electron chi connectivity index (χ1n) is 8.32. The van der Waals surface area contributed by atoms with Crippen molar-refractivity contribution in [3.05, 3.63) is 35.3 Å². The molecule has 7 heteroatoms. The van der Waals surface area contributed by atoms with Gasteiger partial charge in [-0.05, 0) is 53.7 Å². The van der Waals surface area contributed by atoms with E-state index in [0.717, 1.165) is 16.2 Å². The van der Waals surface area contributed by atoms with E-state index in [-0.39, 0.29) is 11.5 Å². The van der Waals surface area contributed by atoms with E-state index in [9.17, 15) is 9.59 Å². The molecule has 2 aromatic rings. The van der Waals surface area contributed by atoms with Crippen molar-refractivity contribution in [1.82, 2.24) is 19.4 Å². The largest absolute Gasteiger partial charge is 0.436 e. The second-order valence-corrected chi connectivity index (χ2v) is 7.04. The van der Waals surface area contributed by atoms with Crippen LogP contribution in [0.25, 0.3) is 5.82 Å². The van der Waals surface area contributed by atoms with Crippen molar-refractivity contribution in [3.8, 4) is 5.82 Å². The molecule has 0 aliphatic rings. The highest BCUT2D eigenvalue weighted by Crippen LogP contribution is 2.18. The average Bonchev–Trinajstić information content (AvgIpc) is 3.01. The molecule has 0 saturated heterocycles. The molecule has 2 heterocycles. The second kappa shape index (κ2) is 6.74. The van der Waals surface area contributed by atoms with Crippen molar-refractivity contribution >= 4 is 11.9 Å². The lowest BCUT2D eigenvalue weighted by atomic mass is 10.1. The molecule has 25 heavy (non-hydrogen) atoms. The molecule has 2 rings (SSSR count). The lowest BCUT2D eigenvalue weighted by Gasteiger charge is -2.33. The summed E-state index contributed by atoms with van der Waals surface area (Å²) in [6.45, 7) is 13.4. The first kappa shape index (κ1) is 18.8. The molecule has 0 aliphatic heterocycles. The van der Waals surface area contributed by atoms with E-state index in [1.165, 1.54) is 6.92 Å². The predicted octanol–water partition coefficient (Wildman–Crippen LogP) is 3.16. The maximum absolute atomic E-state index is 12.5. The third-order valence-electron chi connectivity index (χ3n) is 4.04. The van der Waals surface area contributed by atoms with Crippen LogP contribution in [0.15, 0.2) is 18.2 Å². The van der Waals surface area contributed by atoms with Crippen molar-refractivity contribution in [1.29, 1.82) is 0 Å². The van der Waals surface area contributed by atoms with Crippen molar-refractivity contribution < 1.29 is 14.4 Å². The molecule has 0 bridgehead atoms. The molecular formula is C18H26N4O3. The summed E-state index contributed by atoms with van der Waals surface area (Å²) in [5.41, 5.74) is 1.79. The Morgan fingerprint density at radius 3 is 2.20 bits per heavy atom. The number of nitrogens with zero attached hydrogens (tertiary/aromatic N) is 4. The lowest BCUT2D eigenvalue weighted by molar-refractivity contribution is 0.0496. The van der Waals surface area contributed by atoms with Gasteiger partial charge in [-0.1, -0.05) is 4.85 Å². The number of rotatable bonds is 4. The summed E-state index contributed by atoms with van der Waals surface area (Å²) in [4.78, 5) is 32.5. The number of carbonyl (C=O) groups is 2. The summed E-state index contributed by atoms with van der Waals surface area (Å²) in [7, 11) is 0. The number of carbonyl (C=O) groups excluding carboxylic acids is 2. The van der Waals surface area contributed by atoms with Crippen LogP contribution in [0.5, 0.6) is 0 Å². The topological polar surface area (TPSA) is 69.4 Å².